The Bertz CT molecular complexity index is 627. The number of piperazine rings is 1. The highest BCUT2D eigenvalue weighted by Gasteiger charge is 2.40. The van der Waals surface area contributed by atoms with Crippen LogP contribution in [0.25, 0.3) is 0 Å². The van der Waals surface area contributed by atoms with Gasteiger partial charge in [0.25, 0.3) is 0 Å². The fraction of sp³-hybridized carbons (Fsp3) is 0.632. The third-order valence-corrected chi connectivity index (χ3v) is 5.63. The molecule has 2 aliphatic rings. The largest absolute Gasteiger partial charge is 0.494 e. The van der Waals surface area contributed by atoms with E-state index in [1.807, 2.05) is 11.8 Å². The minimum absolute atomic E-state index is 0.0758. The maximum absolute atomic E-state index is 13.4. The van der Waals surface area contributed by atoms with E-state index >= 15 is 0 Å². The second-order valence-corrected chi connectivity index (χ2v) is 7.43. The van der Waals surface area contributed by atoms with Crippen LogP contribution < -0.4 is 15.4 Å². The Labute approximate surface area is 148 Å². The summed E-state index contributed by atoms with van der Waals surface area (Å²) in [5.41, 5.74) is 6.87. The number of nitrogens with two attached hydrogens (primary N) is 1. The molecule has 2 fully saturated rings. The van der Waals surface area contributed by atoms with Gasteiger partial charge in [-0.1, -0.05) is 12.8 Å². The molecule has 2 unspecified atom stereocenters. The summed E-state index contributed by atoms with van der Waals surface area (Å²) in [4.78, 5) is 17.0. The number of carbonyl (C=O) groups is 1. The van der Waals surface area contributed by atoms with Gasteiger partial charge in [0.2, 0.25) is 5.91 Å². The Morgan fingerprint density at radius 2 is 2.00 bits per heavy atom. The normalized spacial score (nSPS) is 27.3. The SMILES string of the molecule is COc1cc(F)ccc1N1CCN(C(=O)C2CCCCC2(C)N)CC1. The van der Waals surface area contributed by atoms with Crippen molar-refractivity contribution in [2.24, 2.45) is 11.7 Å². The zero-order valence-electron chi connectivity index (χ0n) is 15.1. The molecule has 1 aliphatic heterocycles. The summed E-state index contributed by atoms with van der Waals surface area (Å²) in [6.45, 7) is 4.75. The second-order valence-electron chi connectivity index (χ2n) is 7.43. The Hall–Kier alpha value is -1.82. The fourth-order valence-corrected chi connectivity index (χ4v) is 4.06. The molecule has 0 spiro atoms. The Morgan fingerprint density at radius 3 is 2.64 bits per heavy atom. The predicted molar refractivity (Wildman–Crippen MR) is 96.3 cm³/mol. The highest BCUT2D eigenvalue weighted by atomic mass is 19.1. The molecular weight excluding hydrogens is 321 g/mol. The van der Waals surface area contributed by atoms with Crippen molar-refractivity contribution in [3.05, 3.63) is 24.0 Å². The van der Waals surface area contributed by atoms with Crippen LogP contribution in [-0.2, 0) is 4.79 Å². The van der Waals surface area contributed by atoms with E-state index in [-0.39, 0.29) is 17.6 Å². The van der Waals surface area contributed by atoms with E-state index in [1.165, 1.54) is 12.1 Å². The summed E-state index contributed by atoms with van der Waals surface area (Å²) in [6, 6.07) is 4.58. The molecule has 1 aliphatic carbocycles. The topological polar surface area (TPSA) is 58.8 Å². The van der Waals surface area contributed by atoms with Crippen LogP contribution in [0.3, 0.4) is 0 Å². The monoisotopic (exact) mass is 349 g/mol. The molecule has 0 radical (unpaired) electrons. The van der Waals surface area contributed by atoms with Crippen LogP contribution in [0.1, 0.15) is 32.6 Å². The van der Waals surface area contributed by atoms with Crippen molar-refractivity contribution in [1.82, 2.24) is 4.90 Å². The number of amides is 1. The number of benzene rings is 1. The van der Waals surface area contributed by atoms with Gasteiger partial charge in [-0.15, -0.1) is 0 Å². The number of anilines is 1. The van der Waals surface area contributed by atoms with Crippen molar-refractivity contribution in [1.29, 1.82) is 0 Å². The molecule has 5 nitrogen and oxygen atoms in total. The van der Waals surface area contributed by atoms with Crippen LogP contribution in [0.15, 0.2) is 18.2 Å². The van der Waals surface area contributed by atoms with E-state index in [0.29, 0.717) is 31.9 Å². The molecule has 0 bridgehead atoms. The Balaban J connectivity index is 1.65. The van der Waals surface area contributed by atoms with E-state index in [0.717, 1.165) is 31.4 Å². The number of rotatable bonds is 3. The molecule has 25 heavy (non-hydrogen) atoms. The number of halogens is 1. The van der Waals surface area contributed by atoms with E-state index in [2.05, 4.69) is 4.90 Å². The van der Waals surface area contributed by atoms with Crippen LogP contribution in [0.2, 0.25) is 0 Å². The molecule has 2 atom stereocenters. The molecule has 0 aromatic heterocycles. The van der Waals surface area contributed by atoms with E-state index in [4.69, 9.17) is 10.5 Å². The predicted octanol–water partition coefficient (Wildman–Crippen LogP) is 2.39. The Kier molecular flexibility index (Phi) is 5.18. The van der Waals surface area contributed by atoms with Crippen molar-refractivity contribution in [2.45, 2.75) is 38.1 Å². The molecule has 138 valence electrons. The molecule has 3 rings (SSSR count). The first-order chi connectivity index (χ1) is 11.9. The van der Waals surface area contributed by atoms with E-state index in [9.17, 15) is 9.18 Å². The van der Waals surface area contributed by atoms with Gasteiger partial charge in [0.05, 0.1) is 18.7 Å². The van der Waals surface area contributed by atoms with Crippen LogP contribution in [0.5, 0.6) is 5.75 Å². The number of ether oxygens (including phenoxy) is 1. The molecule has 1 saturated carbocycles. The molecule has 2 N–H and O–H groups in total. The summed E-state index contributed by atoms with van der Waals surface area (Å²) in [5, 5.41) is 0. The lowest BCUT2D eigenvalue weighted by Gasteiger charge is -2.43. The lowest BCUT2D eigenvalue weighted by molar-refractivity contribution is -0.139. The number of hydrogen-bond acceptors (Lipinski definition) is 4. The highest BCUT2D eigenvalue weighted by Crippen LogP contribution is 2.34. The van der Waals surface area contributed by atoms with Gasteiger partial charge in [0.15, 0.2) is 0 Å². The molecule has 1 amide bonds. The maximum atomic E-state index is 13.4. The molecule has 6 heteroatoms. The number of carbonyl (C=O) groups excluding carboxylic acids is 1. The van der Waals surface area contributed by atoms with Crippen molar-refractivity contribution < 1.29 is 13.9 Å². The Morgan fingerprint density at radius 1 is 1.28 bits per heavy atom. The second kappa shape index (κ2) is 7.20. The van der Waals surface area contributed by atoms with Gasteiger partial charge < -0.3 is 20.3 Å². The van der Waals surface area contributed by atoms with E-state index < -0.39 is 5.54 Å². The molecular formula is C19H28FN3O2. The first kappa shape index (κ1) is 18.0. The summed E-state index contributed by atoms with van der Waals surface area (Å²) < 4.78 is 18.7. The first-order valence-corrected chi connectivity index (χ1v) is 9.08. The molecule has 1 aromatic rings. The van der Waals surface area contributed by atoms with Crippen molar-refractivity contribution in [2.75, 3.05) is 38.2 Å². The molecule has 1 aromatic carbocycles. The summed E-state index contributed by atoms with van der Waals surface area (Å²) >= 11 is 0. The number of nitrogens with zero attached hydrogens (tertiary/aromatic N) is 2. The van der Waals surface area contributed by atoms with Crippen molar-refractivity contribution in [3.8, 4) is 5.75 Å². The lowest BCUT2D eigenvalue weighted by Crippen LogP contribution is -2.57. The fourth-order valence-electron chi connectivity index (χ4n) is 4.06. The molecule has 1 saturated heterocycles. The van der Waals surface area contributed by atoms with Gasteiger partial charge in [-0.05, 0) is 31.9 Å². The quantitative estimate of drug-likeness (QED) is 0.910. The van der Waals surface area contributed by atoms with Gasteiger partial charge in [-0.3, -0.25) is 4.79 Å². The van der Waals surface area contributed by atoms with Gasteiger partial charge in [-0.2, -0.15) is 0 Å². The summed E-state index contributed by atoms with van der Waals surface area (Å²) in [5.74, 6) is 0.333. The van der Waals surface area contributed by atoms with Crippen LogP contribution in [0, 0.1) is 11.7 Å². The number of methoxy groups -OCH3 is 1. The standard InChI is InChI=1S/C19H28FN3O2/c1-19(21)8-4-3-5-15(19)18(24)23-11-9-22(10-12-23)16-7-6-14(20)13-17(16)25-2/h6-7,13,15H,3-5,8-12,21H2,1-2H3. The third kappa shape index (κ3) is 3.73. The minimum atomic E-state index is -0.396. The average Bonchev–Trinajstić information content (AvgIpc) is 2.61. The summed E-state index contributed by atoms with van der Waals surface area (Å²) in [6.07, 6.45) is 3.98. The first-order valence-electron chi connectivity index (χ1n) is 9.08. The summed E-state index contributed by atoms with van der Waals surface area (Å²) in [7, 11) is 1.54. The van der Waals surface area contributed by atoms with E-state index in [1.54, 1.807) is 13.2 Å². The van der Waals surface area contributed by atoms with Crippen molar-refractivity contribution in [3.63, 3.8) is 0 Å². The van der Waals surface area contributed by atoms with Gasteiger partial charge in [0, 0.05) is 37.8 Å². The maximum Gasteiger partial charge on any atom is 0.227 e. The van der Waals surface area contributed by atoms with Gasteiger partial charge in [0.1, 0.15) is 11.6 Å². The zero-order valence-corrected chi connectivity index (χ0v) is 15.1. The molecule has 1 heterocycles. The van der Waals surface area contributed by atoms with Gasteiger partial charge >= 0.3 is 0 Å². The van der Waals surface area contributed by atoms with Crippen molar-refractivity contribution >= 4 is 11.6 Å². The average molecular weight is 349 g/mol. The van der Waals surface area contributed by atoms with Crippen LogP contribution in [-0.4, -0.2) is 49.6 Å². The smallest absolute Gasteiger partial charge is 0.227 e. The third-order valence-electron chi connectivity index (χ3n) is 5.63. The lowest BCUT2D eigenvalue weighted by atomic mass is 9.74. The number of hydrogen-bond donors (Lipinski definition) is 1. The van der Waals surface area contributed by atoms with Crippen LogP contribution >= 0.6 is 0 Å². The minimum Gasteiger partial charge on any atom is -0.494 e. The highest BCUT2D eigenvalue weighted by molar-refractivity contribution is 5.80. The van der Waals surface area contributed by atoms with Crippen LogP contribution in [0.4, 0.5) is 10.1 Å². The zero-order chi connectivity index (χ0) is 18.0. The van der Waals surface area contributed by atoms with Gasteiger partial charge in [-0.25, -0.2) is 4.39 Å².